The van der Waals surface area contributed by atoms with Gasteiger partial charge in [-0.2, -0.15) is 0 Å². The zero-order valence-electron chi connectivity index (χ0n) is 12.0. The van der Waals surface area contributed by atoms with E-state index in [1.807, 2.05) is 38.1 Å². The fourth-order valence-electron chi connectivity index (χ4n) is 2.33. The Morgan fingerprint density at radius 1 is 1.25 bits per heavy atom. The van der Waals surface area contributed by atoms with E-state index in [1.54, 1.807) is 6.07 Å². The summed E-state index contributed by atoms with van der Waals surface area (Å²) in [6.45, 7) is 6.37. The molecular weight excluding hydrogens is 274 g/mol. The highest BCUT2D eigenvalue weighted by Gasteiger charge is 2.15. The molecule has 0 radical (unpaired) electrons. The van der Waals surface area contributed by atoms with Crippen molar-refractivity contribution in [2.24, 2.45) is 0 Å². The summed E-state index contributed by atoms with van der Waals surface area (Å²) in [7, 11) is 0. The molecule has 20 heavy (non-hydrogen) atoms. The van der Waals surface area contributed by atoms with Crippen molar-refractivity contribution in [2.45, 2.75) is 32.9 Å². The van der Waals surface area contributed by atoms with Gasteiger partial charge in [0.05, 0.1) is 6.10 Å². The van der Waals surface area contributed by atoms with Crippen molar-refractivity contribution in [1.82, 2.24) is 5.32 Å². The molecule has 0 saturated carbocycles. The van der Waals surface area contributed by atoms with Crippen LogP contribution in [-0.2, 0) is 0 Å². The minimum Gasteiger partial charge on any atom is -0.466 e. The molecule has 2 aromatic rings. The van der Waals surface area contributed by atoms with Crippen LogP contribution >= 0.6 is 11.6 Å². The summed E-state index contributed by atoms with van der Waals surface area (Å²) in [6, 6.07) is 9.49. The average molecular weight is 294 g/mol. The number of hydrogen-bond donors (Lipinski definition) is 2. The van der Waals surface area contributed by atoms with E-state index < -0.39 is 6.10 Å². The first kappa shape index (κ1) is 15.1. The molecule has 0 aliphatic rings. The van der Waals surface area contributed by atoms with E-state index in [9.17, 15) is 5.11 Å². The van der Waals surface area contributed by atoms with Crippen molar-refractivity contribution < 1.29 is 9.52 Å². The zero-order chi connectivity index (χ0) is 14.7. The highest BCUT2D eigenvalue weighted by atomic mass is 35.5. The summed E-state index contributed by atoms with van der Waals surface area (Å²) >= 11 is 6.08. The molecule has 0 aliphatic heterocycles. The monoisotopic (exact) mass is 293 g/mol. The highest BCUT2D eigenvalue weighted by molar-refractivity contribution is 6.31. The number of benzene rings is 1. The zero-order valence-corrected chi connectivity index (χ0v) is 12.7. The lowest BCUT2D eigenvalue weighted by atomic mass is 10.1. The Balaban J connectivity index is 1.98. The largest absolute Gasteiger partial charge is 0.466 e. The van der Waals surface area contributed by atoms with Crippen molar-refractivity contribution >= 4 is 11.6 Å². The predicted molar refractivity (Wildman–Crippen MR) is 81.0 cm³/mol. The number of furan rings is 1. The molecule has 0 fully saturated rings. The van der Waals surface area contributed by atoms with E-state index >= 15 is 0 Å². The first-order chi connectivity index (χ1) is 9.49. The normalized spacial score (nSPS) is 14.2. The van der Waals surface area contributed by atoms with Crippen LogP contribution in [0.4, 0.5) is 0 Å². The Kier molecular flexibility index (Phi) is 4.86. The third kappa shape index (κ3) is 3.42. The lowest BCUT2D eigenvalue weighted by Crippen LogP contribution is -2.25. The van der Waals surface area contributed by atoms with Crippen LogP contribution in [0.2, 0.25) is 5.02 Å². The van der Waals surface area contributed by atoms with Crippen molar-refractivity contribution in [1.29, 1.82) is 0 Å². The van der Waals surface area contributed by atoms with E-state index in [2.05, 4.69) is 12.2 Å². The molecule has 0 saturated heterocycles. The SMILES string of the molecule is Cc1cc(C(C)NCC(O)c2ccccc2Cl)c(C)o1. The van der Waals surface area contributed by atoms with Crippen molar-refractivity contribution in [3.8, 4) is 0 Å². The third-order valence-corrected chi connectivity index (χ3v) is 3.77. The van der Waals surface area contributed by atoms with Crippen molar-refractivity contribution in [3.63, 3.8) is 0 Å². The molecule has 4 heteroatoms. The first-order valence-electron chi connectivity index (χ1n) is 6.72. The van der Waals surface area contributed by atoms with Gasteiger partial charge in [-0.25, -0.2) is 0 Å². The van der Waals surface area contributed by atoms with Crippen molar-refractivity contribution in [3.05, 3.63) is 58.0 Å². The summed E-state index contributed by atoms with van der Waals surface area (Å²) in [5.41, 5.74) is 1.86. The van der Waals surface area contributed by atoms with Gasteiger partial charge >= 0.3 is 0 Å². The van der Waals surface area contributed by atoms with E-state index in [1.165, 1.54) is 0 Å². The van der Waals surface area contributed by atoms with Gasteiger partial charge in [0, 0.05) is 28.7 Å². The van der Waals surface area contributed by atoms with Crippen LogP contribution in [0.1, 0.15) is 41.7 Å². The molecule has 1 heterocycles. The van der Waals surface area contributed by atoms with Crippen LogP contribution in [0, 0.1) is 13.8 Å². The second-order valence-electron chi connectivity index (χ2n) is 5.04. The summed E-state index contributed by atoms with van der Waals surface area (Å²) in [4.78, 5) is 0. The van der Waals surface area contributed by atoms with E-state index in [0.29, 0.717) is 11.6 Å². The summed E-state index contributed by atoms with van der Waals surface area (Å²) in [6.07, 6.45) is -0.626. The van der Waals surface area contributed by atoms with Gasteiger partial charge in [0.15, 0.2) is 0 Å². The molecule has 0 bridgehead atoms. The fraction of sp³-hybridized carbons (Fsp3) is 0.375. The maximum absolute atomic E-state index is 10.2. The van der Waals surface area contributed by atoms with Crippen molar-refractivity contribution in [2.75, 3.05) is 6.54 Å². The third-order valence-electron chi connectivity index (χ3n) is 3.43. The molecule has 0 amide bonds. The maximum Gasteiger partial charge on any atom is 0.105 e. The molecule has 1 aromatic carbocycles. The summed E-state index contributed by atoms with van der Waals surface area (Å²) in [5, 5.41) is 14.1. The maximum atomic E-state index is 10.2. The van der Waals surface area contributed by atoms with Gasteiger partial charge in [-0.3, -0.25) is 0 Å². The molecule has 0 spiro atoms. The molecule has 2 rings (SSSR count). The number of hydrogen-bond acceptors (Lipinski definition) is 3. The number of aliphatic hydroxyl groups excluding tert-OH is 1. The summed E-state index contributed by atoms with van der Waals surface area (Å²) in [5.74, 6) is 1.81. The minimum absolute atomic E-state index is 0.115. The van der Waals surface area contributed by atoms with Gasteiger partial charge in [-0.1, -0.05) is 29.8 Å². The lowest BCUT2D eigenvalue weighted by molar-refractivity contribution is 0.171. The standard InChI is InChI=1S/C16H20ClNO2/c1-10-8-14(12(3)20-10)11(2)18-9-16(19)13-6-4-5-7-15(13)17/h4-8,11,16,18-19H,9H2,1-3H3. The number of aryl methyl sites for hydroxylation is 2. The van der Waals surface area contributed by atoms with Crippen LogP contribution in [0.15, 0.2) is 34.7 Å². The molecule has 108 valence electrons. The Labute approximate surface area is 124 Å². The van der Waals surface area contributed by atoms with Gasteiger partial charge < -0.3 is 14.8 Å². The smallest absolute Gasteiger partial charge is 0.105 e. The van der Waals surface area contributed by atoms with E-state index in [0.717, 1.165) is 22.6 Å². The van der Waals surface area contributed by atoms with Crippen LogP contribution in [0.25, 0.3) is 0 Å². The Bertz CT molecular complexity index is 580. The molecule has 2 N–H and O–H groups in total. The Hall–Kier alpha value is -1.29. The van der Waals surface area contributed by atoms with E-state index in [4.69, 9.17) is 16.0 Å². The van der Waals surface area contributed by atoms with Gasteiger partial charge in [-0.05, 0) is 32.9 Å². The molecule has 2 unspecified atom stereocenters. The fourth-order valence-corrected chi connectivity index (χ4v) is 2.60. The van der Waals surface area contributed by atoms with Gasteiger partial charge in [-0.15, -0.1) is 0 Å². The number of halogens is 1. The predicted octanol–water partition coefficient (Wildman–Crippen LogP) is 3.93. The minimum atomic E-state index is -0.626. The van der Waals surface area contributed by atoms with Gasteiger partial charge in [0.25, 0.3) is 0 Å². The van der Waals surface area contributed by atoms with Crippen LogP contribution < -0.4 is 5.32 Å². The average Bonchev–Trinajstić information content (AvgIpc) is 2.75. The highest BCUT2D eigenvalue weighted by Crippen LogP contribution is 2.24. The summed E-state index contributed by atoms with van der Waals surface area (Å²) < 4.78 is 5.52. The molecule has 3 nitrogen and oxygen atoms in total. The Morgan fingerprint density at radius 3 is 2.55 bits per heavy atom. The topological polar surface area (TPSA) is 45.4 Å². The number of nitrogens with one attached hydrogen (secondary N) is 1. The number of aliphatic hydroxyl groups is 1. The number of rotatable bonds is 5. The molecule has 1 aromatic heterocycles. The van der Waals surface area contributed by atoms with Crippen LogP contribution in [0.3, 0.4) is 0 Å². The van der Waals surface area contributed by atoms with Crippen LogP contribution in [-0.4, -0.2) is 11.7 Å². The second-order valence-corrected chi connectivity index (χ2v) is 5.44. The quantitative estimate of drug-likeness (QED) is 0.878. The molecule has 2 atom stereocenters. The van der Waals surface area contributed by atoms with Gasteiger partial charge in [0.1, 0.15) is 11.5 Å². The van der Waals surface area contributed by atoms with Crippen LogP contribution in [0.5, 0.6) is 0 Å². The first-order valence-corrected chi connectivity index (χ1v) is 7.09. The Morgan fingerprint density at radius 2 is 1.95 bits per heavy atom. The molecule has 0 aliphatic carbocycles. The van der Waals surface area contributed by atoms with E-state index in [-0.39, 0.29) is 6.04 Å². The molecular formula is C16H20ClNO2. The second kappa shape index (κ2) is 6.44. The lowest BCUT2D eigenvalue weighted by Gasteiger charge is -2.18. The van der Waals surface area contributed by atoms with Gasteiger partial charge in [0.2, 0.25) is 0 Å².